The molecule has 0 saturated heterocycles. The summed E-state index contributed by atoms with van der Waals surface area (Å²) >= 11 is 4.74. The number of hydrogen-bond donors (Lipinski definition) is 1. The van der Waals surface area contributed by atoms with Crippen LogP contribution in [0.4, 0.5) is 0 Å². The topological polar surface area (TPSA) is 54.9 Å². The Morgan fingerprint density at radius 3 is 2.71 bits per heavy atom. The average Bonchev–Trinajstić information content (AvgIpc) is 2.77. The van der Waals surface area contributed by atoms with Crippen molar-refractivity contribution in [3.8, 4) is 0 Å². The second kappa shape index (κ2) is 5.01. The number of rotatable bonds is 3. The Morgan fingerprint density at radius 2 is 2.06 bits per heavy atom. The number of aromatic nitrogens is 2. The molecule has 90 valence electrons. The highest BCUT2D eigenvalue weighted by Crippen LogP contribution is 2.17. The first-order valence-electron chi connectivity index (χ1n) is 5.17. The number of aromatic amines is 1. The molecule has 0 unspecified atom stereocenters. The maximum atomic E-state index is 11.8. The van der Waals surface area contributed by atoms with Gasteiger partial charge in [0.2, 0.25) is 0 Å². The van der Waals surface area contributed by atoms with Crippen molar-refractivity contribution < 1.29 is 0 Å². The van der Waals surface area contributed by atoms with Gasteiger partial charge in [0.15, 0.2) is 0 Å². The number of aryl methyl sites for hydroxylation is 1. The lowest BCUT2D eigenvalue weighted by molar-refractivity contribution is 0.701. The average molecular weight is 315 g/mol. The molecule has 0 saturated carbocycles. The van der Waals surface area contributed by atoms with Crippen molar-refractivity contribution in [1.82, 2.24) is 9.55 Å². The molecule has 4 nitrogen and oxygen atoms in total. The third-order valence-corrected chi connectivity index (χ3v) is 4.18. The van der Waals surface area contributed by atoms with Crippen molar-refractivity contribution in [2.24, 2.45) is 0 Å². The smallest absolute Gasteiger partial charge is 0.313 e. The summed E-state index contributed by atoms with van der Waals surface area (Å²) in [6.45, 7) is 2.39. The van der Waals surface area contributed by atoms with Crippen molar-refractivity contribution in [2.75, 3.05) is 0 Å². The maximum Gasteiger partial charge on any atom is 0.328 e. The van der Waals surface area contributed by atoms with Gasteiger partial charge < -0.3 is 4.98 Å². The van der Waals surface area contributed by atoms with Gasteiger partial charge in [-0.1, -0.05) is 6.92 Å². The zero-order chi connectivity index (χ0) is 12.4. The second-order valence-corrected chi connectivity index (χ2v) is 5.66. The molecule has 0 spiro atoms. The van der Waals surface area contributed by atoms with Gasteiger partial charge in [0.05, 0.1) is 11.0 Å². The molecule has 0 amide bonds. The van der Waals surface area contributed by atoms with Gasteiger partial charge in [0, 0.05) is 16.0 Å². The Labute approximate surface area is 110 Å². The van der Waals surface area contributed by atoms with E-state index in [9.17, 15) is 9.59 Å². The first-order valence-corrected chi connectivity index (χ1v) is 6.78. The van der Waals surface area contributed by atoms with E-state index in [1.165, 1.54) is 15.6 Å². The predicted octanol–water partition coefficient (Wildman–Crippen LogP) is 1.97. The van der Waals surface area contributed by atoms with Crippen LogP contribution in [0.2, 0.25) is 0 Å². The molecule has 17 heavy (non-hydrogen) atoms. The zero-order valence-electron chi connectivity index (χ0n) is 9.20. The van der Waals surface area contributed by atoms with E-state index in [4.69, 9.17) is 0 Å². The molecule has 0 bridgehead atoms. The highest BCUT2D eigenvalue weighted by Gasteiger charge is 2.07. The normalized spacial score (nSPS) is 10.7. The number of halogens is 1. The molecule has 0 aliphatic carbocycles. The van der Waals surface area contributed by atoms with Crippen LogP contribution in [0.1, 0.15) is 16.7 Å². The van der Waals surface area contributed by atoms with Crippen LogP contribution in [0.25, 0.3) is 0 Å². The Hall–Kier alpha value is -1.14. The van der Waals surface area contributed by atoms with E-state index in [0.717, 1.165) is 11.3 Å². The summed E-state index contributed by atoms with van der Waals surface area (Å²) in [5.74, 6) is 0. The largest absolute Gasteiger partial charge is 0.328 e. The van der Waals surface area contributed by atoms with Crippen LogP contribution in [0.5, 0.6) is 0 Å². The van der Waals surface area contributed by atoms with Gasteiger partial charge in [-0.15, -0.1) is 11.3 Å². The van der Waals surface area contributed by atoms with Crippen LogP contribution in [-0.2, 0) is 13.0 Å². The van der Waals surface area contributed by atoms with Crippen molar-refractivity contribution in [2.45, 2.75) is 19.9 Å². The molecule has 0 radical (unpaired) electrons. The fraction of sp³-hybridized carbons (Fsp3) is 0.273. The Bertz CT molecular complexity index is 641. The Kier molecular flexibility index (Phi) is 3.63. The Morgan fingerprint density at radius 1 is 1.35 bits per heavy atom. The molecular formula is C11H11BrN2O2S. The highest BCUT2D eigenvalue weighted by molar-refractivity contribution is 9.10. The summed E-state index contributed by atoms with van der Waals surface area (Å²) in [6.07, 6.45) is 2.33. The molecule has 2 heterocycles. The molecule has 1 N–H and O–H groups in total. The van der Waals surface area contributed by atoms with Crippen LogP contribution in [0.3, 0.4) is 0 Å². The van der Waals surface area contributed by atoms with E-state index >= 15 is 0 Å². The van der Waals surface area contributed by atoms with Crippen LogP contribution >= 0.6 is 27.3 Å². The molecule has 6 heteroatoms. The number of nitrogens with zero attached hydrogens (tertiary/aromatic N) is 1. The van der Waals surface area contributed by atoms with Crippen molar-refractivity contribution in [3.05, 3.63) is 53.4 Å². The fourth-order valence-electron chi connectivity index (χ4n) is 1.48. The van der Waals surface area contributed by atoms with E-state index in [0.29, 0.717) is 11.0 Å². The number of H-pyrrole nitrogens is 1. The van der Waals surface area contributed by atoms with Crippen LogP contribution in [-0.4, -0.2) is 9.55 Å². The van der Waals surface area contributed by atoms with Gasteiger partial charge in [-0.05, 0) is 34.5 Å². The predicted molar refractivity (Wildman–Crippen MR) is 71.8 cm³/mol. The summed E-state index contributed by atoms with van der Waals surface area (Å²) in [6, 6.07) is 3.98. The molecule has 0 aromatic carbocycles. The summed E-state index contributed by atoms with van der Waals surface area (Å²) in [4.78, 5) is 28.1. The van der Waals surface area contributed by atoms with Crippen molar-refractivity contribution in [1.29, 1.82) is 0 Å². The molecule has 0 aliphatic rings. The fourth-order valence-corrected chi connectivity index (χ4v) is 2.76. The minimum absolute atomic E-state index is 0.305. The zero-order valence-corrected chi connectivity index (χ0v) is 11.6. The maximum absolute atomic E-state index is 11.8. The summed E-state index contributed by atoms with van der Waals surface area (Å²) in [7, 11) is 0. The van der Waals surface area contributed by atoms with E-state index in [2.05, 4.69) is 27.8 Å². The molecule has 2 aromatic heterocycles. The van der Waals surface area contributed by atoms with Crippen LogP contribution in [0, 0.1) is 0 Å². The van der Waals surface area contributed by atoms with Gasteiger partial charge in [0.25, 0.3) is 5.56 Å². The molecule has 2 aromatic rings. The van der Waals surface area contributed by atoms with Gasteiger partial charge in [0.1, 0.15) is 0 Å². The minimum Gasteiger partial charge on any atom is -0.313 e. The standard InChI is InChI=1S/C11H11BrN2O2S/c1-2-7-3-4-8(17-7)6-14-10(15)9(12)5-13-11(14)16/h3-5H,2,6H2,1H3,(H,13,16). The summed E-state index contributed by atoms with van der Waals surface area (Å²) in [5.41, 5.74) is -0.690. The number of hydrogen-bond acceptors (Lipinski definition) is 3. The number of nitrogens with one attached hydrogen (secondary N) is 1. The summed E-state index contributed by atoms with van der Waals surface area (Å²) < 4.78 is 1.55. The van der Waals surface area contributed by atoms with Crippen LogP contribution < -0.4 is 11.2 Å². The SMILES string of the molecule is CCc1ccc(Cn2c(=O)[nH]cc(Br)c2=O)s1. The first-order chi connectivity index (χ1) is 8.11. The third kappa shape index (κ3) is 2.58. The van der Waals surface area contributed by atoms with Crippen LogP contribution in [0.15, 0.2) is 32.4 Å². The monoisotopic (exact) mass is 314 g/mol. The lowest BCUT2D eigenvalue weighted by Crippen LogP contribution is -2.35. The van der Waals surface area contributed by atoms with E-state index in [1.807, 2.05) is 12.1 Å². The molecule has 0 aliphatic heterocycles. The van der Waals surface area contributed by atoms with E-state index < -0.39 is 0 Å². The van der Waals surface area contributed by atoms with Gasteiger partial charge in [-0.25, -0.2) is 4.79 Å². The van der Waals surface area contributed by atoms with Crippen molar-refractivity contribution in [3.63, 3.8) is 0 Å². The lowest BCUT2D eigenvalue weighted by Gasteiger charge is -2.02. The first kappa shape index (κ1) is 12.3. The molecule has 0 atom stereocenters. The lowest BCUT2D eigenvalue weighted by atomic mass is 10.3. The van der Waals surface area contributed by atoms with Gasteiger partial charge >= 0.3 is 5.69 Å². The summed E-state index contributed by atoms with van der Waals surface area (Å²) in [5, 5.41) is 0. The third-order valence-electron chi connectivity index (χ3n) is 2.40. The van der Waals surface area contributed by atoms with E-state index in [1.54, 1.807) is 11.3 Å². The van der Waals surface area contributed by atoms with Gasteiger partial charge in [-0.3, -0.25) is 9.36 Å². The Balaban J connectivity index is 2.39. The molecular weight excluding hydrogens is 304 g/mol. The molecule has 0 fully saturated rings. The highest BCUT2D eigenvalue weighted by atomic mass is 79.9. The quantitative estimate of drug-likeness (QED) is 0.941. The molecule has 2 rings (SSSR count). The van der Waals surface area contributed by atoms with Crippen molar-refractivity contribution >= 4 is 27.3 Å². The van der Waals surface area contributed by atoms with Gasteiger partial charge in [-0.2, -0.15) is 0 Å². The van der Waals surface area contributed by atoms with E-state index in [-0.39, 0.29) is 11.2 Å². The second-order valence-electron chi connectivity index (χ2n) is 3.55. The number of thiophene rings is 1. The minimum atomic E-state index is -0.385.